The maximum absolute atomic E-state index is 11.3. The van der Waals surface area contributed by atoms with Gasteiger partial charge in [-0.3, -0.25) is 0 Å². The van der Waals surface area contributed by atoms with Crippen LogP contribution in [0.1, 0.15) is 0 Å². The second-order valence-corrected chi connectivity index (χ2v) is 6.09. The second kappa shape index (κ2) is 4.91. The van der Waals surface area contributed by atoms with Gasteiger partial charge in [-0.25, -0.2) is 8.42 Å². The Bertz CT molecular complexity index is 656. The van der Waals surface area contributed by atoms with E-state index in [0.29, 0.717) is 5.69 Å². The minimum Gasteiger partial charge on any atom is -0.354 e. The zero-order chi connectivity index (χ0) is 13.2. The Morgan fingerprint density at radius 3 is 2.39 bits per heavy atom. The van der Waals surface area contributed by atoms with Crippen molar-refractivity contribution >= 4 is 32.8 Å². The van der Waals surface area contributed by atoms with Crippen LogP contribution < -0.4 is 5.32 Å². The van der Waals surface area contributed by atoms with Crippen molar-refractivity contribution in [1.29, 1.82) is 0 Å². The Hall–Kier alpha value is -1.66. The molecule has 0 aliphatic heterocycles. The molecule has 94 valence electrons. The van der Waals surface area contributed by atoms with Crippen LogP contribution in [0.15, 0.2) is 41.4 Å². The summed E-state index contributed by atoms with van der Waals surface area (Å²) in [6.45, 7) is 0. The van der Waals surface area contributed by atoms with Gasteiger partial charge in [-0.2, -0.15) is 5.10 Å². The Balaban J connectivity index is 2.21. The molecular formula is C11H10ClN3O2S. The molecule has 2 aromatic rings. The molecular weight excluding hydrogens is 274 g/mol. The molecule has 0 unspecified atom stereocenters. The number of nitrogens with zero attached hydrogens (tertiary/aromatic N) is 2. The Kier molecular flexibility index (Phi) is 3.49. The van der Waals surface area contributed by atoms with E-state index in [9.17, 15) is 8.42 Å². The third-order valence-corrected chi connectivity index (χ3v) is 3.51. The summed E-state index contributed by atoms with van der Waals surface area (Å²) >= 11 is 5.70. The molecule has 0 saturated heterocycles. The number of aromatic nitrogens is 2. The fourth-order valence-corrected chi connectivity index (χ4v) is 2.15. The molecule has 0 bridgehead atoms. The summed E-state index contributed by atoms with van der Waals surface area (Å²) in [5.41, 5.74) is 1.42. The van der Waals surface area contributed by atoms with E-state index in [2.05, 4.69) is 15.5 Å². The van der Waals surface area contributed by atoms with Crippen LogP contribution in [0.4, 0.5) is 11.4 Å². The molecule has 5 nitrogen and oxygen atoms in total. The van der Waals surface area contributed by atoms with E-state index < -0.39 is 9.84 Å². The molecule has 0 saturated carbocycles. The smallest absolute Gasteiger partial charge is 0.175 e. The topological polar surface area (TPSA) is 72.0 Å². The molecule has 0 fully saturated rings. The van der Waals surface area contributed by atoms with Gasteiger partial charge in [0.15, 0.2) is 15.0 Å². The Morgan fingerprint density at radius 2 is 1.83 bits per heavy atom. The first-order chi connectivity index (χ1) is 8.45. The van der Waals surface area contributed by atoms with Crippen LogP contribution in [0.5, 0.6) is 0 Å². The van der Waals surface area contributed by atoms with E-state index in [0.717, 1.165) is 5.69 Å². The van der Waals surface area contributed by atoms with Crippen molar-refractivity contribution in [2.24, 2.45) is 0 Å². The van der Waals surface area contributed by atoms with Gasteiger partial charge in [0.1, 0.15) is 0 Å². The van der Waals surface area contributed by atoms with Gasteiger partial charge >= 0.3 is 0 Å². The van der Waals surface area contributed by atoms with E-state index >= 15 is 0 Å². The predicted octanol–water partition coefficient (Wildman–Crippen LogP) is 2.28. The molecule has 1 aromatic heterocycles. The Labute approximate surface area is 110 Å². The van der Waals surface area contributed by atoms with Gasteiger partial charge in [0.05, 0.1) is 16.8 Å². The molecule has 0 atom stereocenters. The number of nitrogens with one attached hydrogen (secondary N) is 1. The van der Waals surface area contributed by atoms with E-state index in [-0.39, 0.29) is 10.0 Å². The highest BCUT2D eigenvalue weighted by atomic mass is 35.5. The first-order valence-electron chi connectivity index (χ1n) is 5.00. The molecule has 1 N–H and O–H groups in total. The average Bonchev–Trinajstić information content (AvgIpc) is 2.28. The summed E-state index contributed by atoms with van der Waals surface area (Å²) in [4.78, 5) is 0.277. The van der Waals surface area contributed by atoms with E-state index in [1.807, 2.05) is 0 Å². The Morgan fingerprint density at radius 1 is 1.17 bits per heavy atom. The number of sulfone groups is 1. The second-order valence-electron chi connectivity index (χ2n) is 3.69. The summed E-state index contributed by atoms with van der Waals surface area (Å²) in [5, 5.41) is 10.6. The van der Waals surface area contributed by atoms with Crippen LogP contribution in [0.25, 0.3) is 0 Å². The van der Waals surface area contributed by atoms with Crippen LogP contribution in [-0.2, 0) is 9.84 Å². The first-order valence-corrected chi connectivity index (χ1v) is 7.27. The lowest BCUT2D eigenvalue weighted by Crippen LogP contribution is -1.97. The van der Waals surface area contributed by atoms with Crippen molar-refractivity contribution in [2.45, 2.75) is 4.90 Å². The number of hydrogen-bond donors (Lipinski definition) is 1. The molecule has 18 heavy (non-hydrogen) atoms. The van der Waals surface area contributed by atoms with Crippen molar-refractivity contribution in [3.05, 3.63) is 41.7 Å². The van der Waals surface area contributed by atoms with Crippen molar-refractivity contribution in [3.63, 3.8) is 0 Å². The van der Waals surface area contributed by atoms with Crippen LogP contribution in [-0.4, -0.2) is 24.9 Å². The number of benzene rings is 1. The quantitative estimate of drug-likeness (QED) is 0.935. The molecule has 1 heterocycles. The number of rotatable bonds is 3. The fourth-order valence-electron chi connectivity index (χ4n) is 1.36. The normalized spacial score (nSPS) is 11.2. The summed E-state index contributed by atoms with van der Waals surface area (Å²) in [5.74, 6) is 0. The summed E-state index contributed by atoms with van der Waals surface area (Å²) in [7, 11) is -3.17. The third-order valence-electron chi connectivity index (χ3n) is 2.20. The average molecular weight is 284 g/mol. The monoisotopic (exact) mass is 283 g/mol. The molecule has 2 rings (SSSR count). The summed E-state index contributed by atoms with van der Waals surface area (Å²) in [6, 6.07) is 8.04. The largest absolute Gasteiger partial charge is 0.354 e. The number of hydrogen-bond acceptors (Lipinski definition) is 5. The molecule has 0 radical (unpaired) electrons. The highest BCUT2D eigenvalue weighted by molar-refractivity contribution is 7.90. The van der Waals surface area contributed by atoms with Gasteiger partial charge in [0.2, 0.25) is 0 Å². The fraction of sp³-hybridized carbons (Fsp3) is 0.0909. The lowest BCUT2D eigenvalue weighted by atomic mass is 10.3. The minimum absolute atomic E-state index is 0.277. The highest BCUT2D eigenvalue weighted by Gasteiger charge is 2.06. The van der Waals surface area contributed by atoms with Crippen molar-refractivity contribution in [3.8, 4) is 0 Å². The van der Waals surface area contributed by atoms with Gasteiger partial charge in [-0.05, 0) is 24.3 Å². The summed E-state index contributed by atoms with van der Waals surface area (Å²) < 4.78 is 22.6. The van der Waals surface area contributed by atoms with Crippen LogP contribution in [0.3, 0.4) is 0 Å². The van der Waals surface area contributed by atoms with Crippen molar-refractivity contribution < 1.29 is 8.42 Å². The highest BCUT2D eigenvalue weighted by Crippen LogP contribution is 2.19. The zero-order valence-electron chi connectivity index (χ0n) is 9.46. The predicted molar refractivity (Wildman–Crippen MR) is 69.9 cm³/mol. The standard InChI is InChI=1S/C11H10ClN3O2S/c1-18(16,17)10-4-2-8(3-5-10)14-9-6-11(12)15-13-7-9/h2-7H,1H3,(H,14,15). The maximum Gasteiger partial charge on any atom is 0.175 e. The van der Waals surface area contributed by atoms with Gasteiger partial charge in [-0.1, -0.05) is 11.6 Å². The van der Waals surface area contributed by atoms with E-state index in [1.165, 1.54) is 24.6 Å². The van der Waals surface area contributed by atoms with Gasteiger partial charge in [0.25, 0.3) is 0 Å². The lowest BCUT2D eigenvalue weighted by Gasteiger charge is -2.06. The maximum atomic E-state index is 11.3. The van der Waals surface area contributed by atoms with Crippen LogP contribution >= 0.6 is 11.6 Å². The van der Waals surface area contributed by atoms with Crippen molar-refractivity contribution in [1.82, 2.24) is 10.2 Å². The summed E-state index contributed by atoms with van der Waals surface area (Å²) in [6.07, 6.45) is 2.69. The first kappa shape index (κ1) is 12.8. The van der Waals surface area contributed by atoms with Gasteiger partial charge in [0, 0.05) is 18.0 Å². The van der Waals surface area contributed by atoms with E-state index in [4.69, 9.17) is 11.6 Å². The number of anilines is 2. The molecule has 1 aromatic carbocycles. The van der Waals surface area contributed by atoms with Crippen LogP contribution in [0.2, 0.25) is 5.15 Å². The molecule has 0 amide bonds. The molecule has 0 aliphatic carbocycles. The van der Waals surface area contributed by atoms with Crippen molar-refractivity contribution in [2.75, 3.05) is 11.6 Å². The SMILES string of the molecule is CS(=O)(=O)c1ccc(Nc2cnnc(Cl)c2)cc1. The zero-order valence-corrected chi connectivity index (χ0v) is 11.0. The number of halogens is 1. The third kappa shape index (κ3) is 3.18. The van der Waals surface area contributed by atoms with E-state index in [1.54, 1.807) is 18.2 Å². The minimum atomic E-state index is -3.17. The van der Waals surface area contributed by atoms with Crippen LogP contribution in [0, 0.1) is 0 Å². The molecule has 7 heteroatoms. The molecule has 0 aliphatic rings. The van der Waals surface area contributed by atoms with Gasteiger partial charge < -0.3 is 5.32 Å². The van der Waals surface area contributed by atoms with Gasteiger partial charge in [-0.15, -0.1) is 5.10 Å². The molecule has 0 spiro atoms. The lowest BCUT2D eigenvalue weighted by molar-refractivity contribution is 0.602.